The van der Waals surface area contributed by atoms with Crippen LogP contribution in [0, 0.1) is 6.92 Å². The Bertz CT molecular complexity index is 1130. The molecule has 0 bridgehead atoms. The van der Waals surface area contributed by atoms with E-state index >= 15 is 0 Å². The lowest BCUT2D eigenvalue weighted by atomic mass is 10.0. The third kappa shape index (κ3) is 4.85. The molecule has 174 valence electrons. The molecule has 1 saturated heterocycles. The van der Waals surface area contributed by atoms with Crippen LogP contribution in [0.15, 0.2) is 33.1 Å². The molecule has 2 aromatic heterocycles. The van der Waals surface area contributed by atoms with Gasteiger partial charge in [-0.25, -0.2) is 9.59 Å². The van der Waals surface area contributed by atoms with Crippen LogP contribution in [0.5, 0.6) is 0 Å². The number of amides is 4. The summed E-state index contributed by atoms with van der Waals surface area (Å²) in [5.41, 5.74) is 5.74. The van der Waals surface area contributed by atoms with Crippen molar-refractivity contribution >= 4 is 70.0 Å². The monoisotopic (exact) mass is 526 g/mol. The fraction of sp³-hybridized carbons (Fsp3) is 0.333. The number of thioether (sulfide) groups is 2. The number of β-lactam (4-membered cyclic amide) rings is 1. The molecule has 11 nitrogen and oxygen atoms in total. The van der Waals surface area contributed by atoms with Crippen LogP contribution >= 0.6 is 46.2 Å². The van der Waals surface area contributed by atoms with Crippen LogP contribution in [0.4, 0.5) is 4.79 Å². The summed E-state index contributed by atoms with van der Waals surface area (Å²) in [5.74, 6) is -1.56. The lowest BCUT2D eigenvalue weighted by molar-refractivity contribution is -0.150. The second-order valence-electron chi connectivity index (χ2n) is 6.99. The maximum Gasteiger partial charge on any atom is 0.352 e. The third-order valence-corrected chi connectivity index (χ3v) is 9.14. The predicted octanol–water partition coefficient (Wildman–Crippen LogP) is 1.15. The Morgan fingerprint density at radius 1 is 1.39 bits per heavy atom. The van der Waals surface area contributed by atoms with Gasteiger partial charge in [0.05, 0.1) is 0 Å². The van der Waals surface area contributed by atoms with Gasteiger partial charge in [-0.2, -0.15) is 0 Å². The van der Waals surface area contributed by atoms with E-state index in [1.807, 2.05) is 6.92 Å². The molecule has 15 heteroatoms. The molecule has 0 aromatic carbocycles. The van der Waals surface area contributed by atoms with Gasteiger partial charge < -0.3 is 21.5 Å². The molecule has 4 amide bonds. The van der Waals surface area contributed by atoms with Gasteiger partial charge in [0.25, 0.3) is 5.91 Å². The molecule has 3 atom stereocenters. The molecule has 4 heterocycles. The Morgan fingerprint density at radius 2 is 2.18 bits per heavy atom. The zero-order valence-corrected chi connectivity index (χ0v) is 20.3. The minimum absolute atomic E-state index is 0.0620. The van der Waals surface area contributed by atoms with E-state index in [0.29, 0.717) is 22.0 Å². The first-order valence-corrected chi connectivity index (χ1v) is 13.2. The summed E-state index contributed by atoms with van der Waals surface area (Å²) in [4.78, 5) is 50.8. The van der Waals surface area contributed by atoms with Gasteiger partial charge in [0.2, 0.25) is 5.91 Å². The first-order valence-electron chi connectivity index (χ1n) is 9.49. The quantitative estimate of drug-likeness (QED) is 0.291. The molecular formula is C18H18N6O5S4. The topological polar surface area (TPSA) is 168 Å². The fourth-order valence-corrected chi connectivity index (χ4v) is 7.45. The van der Waals surface area contributed by atoms with E-state index in [1.54, 1.807) is 17.5 Å². The van der Waals surface area contributed by atoms with Crippen LogP contribution in [0.25, 0.3) is 0 Å². The minimum Gasteiger partial charge on any atom is -0.477 e. The fourth-order valence-electron chi connectivity index (χ4n) is 3.38. The summed E-state index contributed by atoms with van der Waals surface area (Å²) in [6.07, 6.45) is 0. The number of carbonyl (C=O) groups is 4. The minimum atomic E-state index is -1.20. The Labute approximate surface area is 204 Å². The number of carboxylic acid groups (broad SMARTS) is 1. The number of nitrogens with zero attached hydrogens (tertiary/aromatic N) is 3. The maximum atomic E-state index is 12.9. The summed E-state index contributed by atoms with van der Waals surface area (Å²) in [6.45, 7) is 1.83. The van der Waals surface area contributed by atoms with E-state index in [4.69, 9.17) is 5.73 Å². The molecule has 2 unspecified atom stereocenters. The molecule has 0 aliphatic carbocycles. The molecule has 33 heavy (non-hydrogen) atoms. The SMILES string of the molecule is Cc1nnc(SCC2=C(C(=O)O)N3C(=O)[C@H](NC(=O)C(NC(N)=O)c4cccs4)C3SC2)s1. The lowest BCUT2D eigenvalue weighted by Crippen LogP contribution is -2.71. The number of nitrogens with two attached hydrogens (primary N) is 1. The number of aromatic nitrogens is 2. The van der Waals surface area contributed by atoms with Crippen LogP contribution in [0.3, 0.4) is 0 Å². The summed E-state index contributed by atoms with van der Waals surface area (Å²) >= 11 is 5.41. The van der Waals surface area contributed by atoms with Crippen LogP contribution in [0.1, 0.15) is 15.9 Å². The van der Waals surface area contributed by atoms with Gasteiger partial charge in [0.15, 0.2) is 4.34 Å². The van der Waals surface area contributed by atoms with Crippen molar-refractivity contribution in [2.75, 3.05) is 11.5 Å². The number of hydrogen-bond acceptors (Lipinski definition) is 10. The normalized spacial score (nSPS) is 20.6. The van der Waals surface area contributed by atoms with Gasteiger partial charge in [-0.15, -0.1) is 33.3 Å². The second-order valence-corrected chi connectivity index (χ2v) is 11.5. The van der Waals surface area contributed by atoms with E-state index in [0.717, 1.165) is 9.35 Å². The number of thiophene rings is 1. The first kappa shape index (κ1) is 23.5. The van der Waals surface area contributed by atoms with E-state index in [-0.39, 0.29) is 5.70 Å². The first-order chi connectivity index (χ1) is 15.8. The number of hydrogen-bond donors (Lipinski definition) is 4. The smallest absolute Gasteiger partial charge is 0.352 e. The lowest BCUT2D eigenvalue weighted by Gasteiger charge is -2.49. The maximum absolute atomic E-state index is 12.9. The van der Waals surface area contributed by atoms with Crippen LogP contribution in [-0.2, 0) is 14.4 Å². The van der Waals surface area contributed by atoms with Crippen molar-refractivity contribution in [2.45, 2.75) is 28.7 Å². The van der Waals surface area contributed by atoms with Crippen molar-refractivity contribution in [3.63, 3.8) is 0 Å². The number of primary amides is 1. The molecule has 0 saturated carbocycles. The van der Waals surface area contributed by atoms with Crippen molar-refractivity contribution in [2.24, 2.45) is 5.73 Å². The molecule has 2 aromatic rings. The number of rotatable bonds is 8. The predicted molar refractivity (Wildman–Crippen MR) is 125 cm³/mol. The van der Waals surface area contributed by atoms with Gasteiger partial charge in [-0.3, -0.25) is 14.5 Å². The Balaban J connectivity index is 1.47. The highest BCUT2D eigenvalue weighted by atomic mass is 32.2. The zero-order valence-electron chi connectivity index (χ0n) is 17.0. The number of nitrogens with one attached hydrogen (secondary N) is 2. The number of carboxylic acids is 1. The second kappa shape index (κ2) is 9.70. The van der Waals surface area contributed by atoms with E-state index in [1.165, 1.54) is 51.1 Å². The molecule has 5 N–H and O–H groups in total. The summed E-state index contributed by atoms with van der Waals surface area (Å²) in [7, 11) is 0. The number of aliphatic carboxylic acids is 1. The van der Waals surface area contributed by atoms with Gasteiger partial charge in [0, 0.05) is 16.4 Å². The van der Waals surface area contributed by atoms with E-state index < -0.39 is 41.3 Å². The van der Waals surface area contributed by atoms with Crippen LogP contribution < -0.4 is 16.4 Å². The highest BCUT2D eigenvalue weighted by Gasteiger charge is 2.54. The largest absolute Gasteiger partial charge is 0.477 e. The number of aryl methyl sites for hydroxylation is 1. The van der Waals surface area contributed by atoms with Crippen LogP contribution in [0.2, 0.25) is 0 Å². The Kier molecular flexibility index (Phi) is 6.92. The molecular weight excluding hydrogens is 509 g/mol. The average Bonchev–Trinajstić information content (AvgIpc) is 3.45. The molecule has 0 spiro atoms. The van der Waals surface area contributed by atoms with Gasteiger partial charge >= 0.3 is 12.0 Å². The molecule has 2 aliphatic rings. The van der Waals surface area contributed by atoms with Gasteiger partial charge in [-0.1, -0.05) is 29.2 Å². The number of fused-ring (bicyclic) bond motifs is 1. The molecule has 0 radical (unpaired) electrons. The van der Waals surface area contributed by atoms with Crippen molar-refractivity contribution < 1.29 is 24.3 Å². The highest BCUT2D eigenvalue weighted by molar-refractivity contribution is 8.01. The molecule has 2 aliphatic heterocycles. The standard InChI is InChI=1S/C18H18N6O5S4/c1-7-22-23-18(33-7)32-6-8-5-31-15-11(14(26)24(15)12(8)16(27)28)20-13(25)10(21-17(19)29)9-3-2-4-30-9/h2-4,10-11,15H,5-6H2,1H3,(H,20,25)(H,27,28)(H3,19,21,29)/t10?,11-,15?/m0/s1. The number of urea groups is 1. The summed E-state index contributed by atoms with van der Waals surface area (Å²) < 4.78 is 0.721. The Hall–Kier alpha value is -2.62. The van der Waals surface area contributed by atoms with Crippen molar-refractivity contribution in [1.82, 2.24) is 25.7 Å². The van der Waals surface area contributed by atoms with Gasteiger partial charge in [-0.05, 0) is 23.9 Å². The van der Waals surface area contributed by atoms with Crippen LogP contribution in [-0.4, -0.2) is 66.9 Å². The van der Waals surface area contributed by atoms with Crippen molar-refractivity contribution in [1.29, 1.82) is 0 Å². The summed E-state index contributed by atoms with van der Waals surface area (Å²) in [6, 6.07) is 0.566. The summed E-state index contributed by atoms with van der Waals surface area (Å²) in [5, 5.41) is 24.8. The van der Waals surface area contributed by atoms with E-state index in [2.05, 4.69) is 20.8 Å². The van der Waals surface area contributed by atoms with Gasteiger partial charge in [0.1, 0.15) is 28.2 Å². The van der Waals surface area contributed by atoms with E-state index in [9.17, 15) is 24.3 Å². The average molecular weight is 527 g/mol. The Morgan fingerprint density at radius 3 is 2.79 bits per heavy atom. The number of carbonyl (C=O) groups excluding carboxylic acids is 3. The third-order valence-electron chi connectivity index (χ3n) is 4.80. The van der Waals surface area contributed by atoms with Crippen molar-refractivity contribution in [3.05, 3.63) is 38.7 Å². The van der Waals surface area contributed by atoms with Crippen molar-refractivity contribution in [3.8, 4) is 0 Å². The molecule has 4 rings (SSSR count). The highest BCUT2D eigenvalue weighted by Crippen LogP contribution is 2.42. The zero-order chi connectivity index (χ0) is 23.7. The molecule has 1 fully saturated rings.